The number of carbonyl (C=O) groups is 2. The lowest BCUT2D eigenvalue weighted by atomic mass is 10.1. The van der Waals surface area contributed by atoms with Crippen molar-refractivity contribution in [2.75, 3.05) is 25.0 Å². The Balaban J connectivity index is 1.40. The average Bonchev–Trinajstić information content (AvgIpc) is 3.19. The average molecular weight is 518 g/mol. The first-order valence-corrected chi connectivity index (χ1v) is 13.4. The van der Waals surface area contributed by atoms with Crippen molar-refractivity contribution in [2.24, 2.45) is 0 Å². The molecule has 1 N–H and O–H groups in total. The number of rotatable bonds is 6. The van der Waals surface area contributed by atoms with Gasteiger partial charge in [-0.05, 0) is 63.1 Å². The zero-order valence-electron chi connectivity index (χ0n) is 19.9. The quantitative estimate of drug-likeness (QED) is 0.498. The van der Waals surface area contributed by atoms with E-state index in [4.69, 9.17) is 9.47 Å². The van der Waals surface area contributed by atoms with Gasteiger partial charge < -0.3 is 9.47 Å². The molecule has 1 aliphatic heterocycles. The molecule has 0 aliphatic carbocycles. The standard InChI is InChI=1S/C24H27N3O6S2/c1-14-8-15(2)22-20(9-14)34-24(26-22)25-21(28)13-32-23(29)18-6-5-7-19(10-18)35(30,31)27-11-16(3)33-17(4)12-27/h5-10,16-17H,11-13H2,1-4H3,(H,25,26,28). The predicted octanol–water partition coefficient (Wildman–Crippen LogP) is 3.51. The molecule has 1 amide bonds. The third-order valence-electron chi connectivity index (χ3n) is 5.50. The monoisotopic (exact) mass is 517 g/mol. The molecular formula is C24H27N3O6S2. The molecule has 186 valence electrons. The molecule has 1 aromatic heterocycles. The number of aromatic nitrogens is 1. The first-order valence-electron chi connectivity index (χ1n) is 11.1. The Morgan fingerprint density at radius 3 is 2.60 bits per heavy atom. The zero-order chi connectivity index (χ0) is 25.3. The molecule has 2 unspecified atom stereocenters. The Hall–Kier alpha value is -2.86. The van der Waals surface area contributed by atoms with Crippen LogP contribution in [0.2, 0.25) is 0 Å². The number of carbonyl (C=O) groups excluding carboxylic acids is 2. The van der Waals surface area contributed by atoms with Gasteiger partial charge >= 0.3 is 5.97 Å². The van der Waals surface area contributed by atoms with Crippen LogP contribution in [0.4, 0.5) is 5.13 Å². The molecular weight excluding hydrogens is 490 g/mol. The lowest BCUT2D eigenvalue weighted by Gasteiger charge is -2.34. The number of ether oxygens (including phenoxy) is 2. The van der Waals surface area contributed by atoms with E-state index in [9.17, 15) is 18.0 Å². The summed E-state index contributed by atoms with van der Waals surface area (Å²) in [5, 5.41) is 3.06. The van der Waals surface area contributed by atoms with E-state index in [-0.39, 0.29) is 35.8 Å². The van der Waals surface area contributed by atoms with E-state index < -0.39 is 28.5 Å². The minimum atomic E-state index is -3.82. The van der Waals surface area contributed by atoms with E-state index in [1.54, 1.807) is 0 Å². The summed E-state index contributed by atoms with van der Waals surface area (Å²) < 4.78 is 39.2. The second kappa shape index (κ2) is 10.0. The Morgan fingerprint density at radius 2 is 1.89 bits per heavy atom. The molecule has 1 fully saturated rings. The molecule has 2 aromatic carbocycles. The summed E-state index contributed by atoms with van der Waals surface area (Å²) in [5.74, 6) is -1.33. The van der Waals surface area contributed by atoms with Crippen LogP contribution >= 0.6 is 11.3 Å². The van der Waals surface area contributed by atoms with Gasteiger partial charge in [-0.25, -0.2) is 18.2 Å². The minimum absolute atomic E-state index is 0.0159. The van der Waals surface area contributed by atoms with Crippen LogP contribution in [0, 0.1) is 13.8 Å². The molecule has 2 heterocycles. The number of esters is 1. The number of anilines is 1. The van der Waals surface area contributed by atoms with Crippen molar-refractivity contribution in [1.29, 1.82) is 0 Å². The molecule has 0 spiro atoms. The molecule has 3 aromatic rings. The molecule has 1 saturated heterocycles. The molecule has 35 heavy (non-hydrogen) atoms. The van der Waals surface area contributed by atoms with Crippen molar-refractivity contribution in [1.82, 2.24) is 9.29 Å². The number of benzene rings is 2. The van der Waals surface area contributed by atoms with E-state index in [2.05, 4.69) is 10.3 Å². The first kappa shape index (κ1) is 25.2. The first-order chi connectivity index (χ1) is 16.5. The summed E-state index contributed by atoms with van der Waals surface area (Å²) in [6, 6.07) is 9.63. The van der Waals surface area contributed by atoms with E-state index in [1.165, 1.54) is 39.9 Å². The van der Waals surface area contributed by atoms with Crippen LogP contribution in [0.3, 0.4) is 0 Å². The Bertz CT molecular complexity index is 1380. The lowest BCUT2D eigenvalue weighted by molar-refractivity contribution is -0.119. The minimum Gasteiger partial charge on any atom is -0.452 e. The molecule has 4 rings (SSSR count). The highest BCUT2D eigenvalue weighted by atomic mass is 32.2. The van der Waals surface area contributed by atoms with Crippen LogP contribution in [0.25, 0.3) is 10.2 Å². The van der Waals surface area contributed by atoms with Gasteiger partial charge in [-0.2, -0.15) is 4.31 Å². The second-order valence-electron chi connectivity index (χ2n) is 8.68. The third-order valence-corrected chi connectivity index (χ3v) is 8.25. The van der Waals surface area contributed by atoms with E-state index in [0.29, 0.717) is 5.13 Å². The van der Waals surface area contributed by atoms with Crippen molar-refractivity contribution in [3.8, 4) is 0 Å². The topological polar surface area (TPSA) is 115 Å². The molecule has 1 aliphatic rings. The third kappa shape index (κ3) is 5.69. The number of fused-ring (bicyclic) bond motifs is 1. The van der Waals surface area contributed by atoms with Gasteiger partial charge in [-0.15, -0.1) is 0 Å². The highest BCUT2D eigenvalue weighted by molar-refractivity contribution is 7.89. The maximum Gasteiger partial charge on any atom is 0.338 e. The fourth-order valence-electron chi connectivity index (χ4n) is 4.05. The van der Waals surface area contributed by atoms with Gasteiger partial charge in [-0.3, -0.25) is 10.1 Å². The van der Waals surface area contributed by atoms with Crippen LogP contribution < -0.4 is 5.32 Å². The van der Waals surface area contributed by atoms with Crippen LogP contribution in [-0.4, -0.2) is 61.5 Å². The molecule has 2 atom stereocenters. The summed E-state index contributed by atoms with van der Waals surface area (Å²) >= 11 is 1.34. The number of hydrogen-bond donors (Lipinski definition) is 1. The molecule has 9 nitrogen and oxygen atoms in total. The van der Waals surface area contributed by atoms with Gasteiger partial charge in [0.1, 0.15) is 0 Å². The fourth-order valence-corrected chi connectivity index (χ4v) is 6.75. The van der Waals surface area contributed by atoms with Gasteiger partial charge in [0, 0.05) is 13.1 Å². The number of thiazole rings is 1. The number of nitrogens with one attached hydrogen (secondary N) is 1. The summed E-state index contributed by atoms with van der Waals surface area (Å²) in [6.45, 7) is 7.51. The van der Waals surface area contributed by atoms with Gasteiger partial charge in [-0.1, -0.05) is 23.5 Å². The van der Waals surface area contributed by atoms with Crippen LogP contribution in [0.15, 0.2) is 41.3 Å². The van der Waals surface area contributed by atoms with Crippen LogP contribution in [0.5, 0.6) is 0 Å². The second-order valence-corrected chi connectivity index (χ2v) is 11.6. The number of hydrogen-bond acceptors (Lipinski definition) is 8. The SMILES string of the molecule is Cc1cc(C)c2nc(NC(=O)COC(=O)c3cccc(S(=O)(=O)N4CC(C)OC(C)C4)c3)sc2c1. The van der Waals surface area contributed by atoms with Crippen LogP contribution in [-0.2, 0) is 24.3 Å². The number of nitrogens with zero attached hydrogens (tertiary/aromatic N) is 2. The summed E-state index contributed by atoms with van der Waals surface area (Å²) in [4.78, 5) is 29.3. The van der Waals surface area contributed by atoms with Gasteiger partial charge in [0.15, 0.2) is 11.7 Å². The summed E-state index contributed by atoms with van der Waals surface area (Å²) in [7, 11) is -3.82. The maximum atomic E-state index is 13.1. The summed E-state index contributed by atoms with van der Waals surface area (Å²) in [6.07, 6.45) is -0.466. The fraction of sp³-hybridized carbons (Fsp3) is 0.375. The van der Waals surface area contributed by atoms with Gasteiger partial charge in [0.2, 0.25) is 10.0 Å². The van der Waals surface area contributed by atoms with Crippen molar-refractivity contribution >= 4 is 48.6 Å². The highest BCUT2D eigenvalue weighted by Gasteiger charge is 2.32. The molecule has 0 bridgehead atoms. The Morgan fingerprint density at radius 1 is 1.17 bits per heavy atom. The molecule has 0 radical (unpaired) electrons. The molecule has 11 heteroatoms. The van der Waals surface area contributed by atoms with Crippen molar-refractivity contribution < 1.29 is 27.5 Å². The van der Waals surface area contributed by atoms with Crippen molar-refractivity contribution in [2.45, 2.75) is 44.8 Å². The van der Waals surface area contributed by atoms with Crippen LogP contribution in [0.1, 0.15) is 35.3 Å². The number of amides is 1. The Labute approximate surface area is 208 Å². The smallest absolute Gasteiger partial charge is 0.338 e. The van der Waals surface area contributed by atoms with E-state index >= 15 is 0 Å². The van der Waals surface area contributed by atoms with Gasteiger partial charge in [0.25, 0.3) is 5.91 Å². The zero-order valence-corrected chi connectivity index (χ0v) is 21.5. The molecule has 0 saturated carbocycles. The number of morpholine rings is 1. The van der Waals surface area contributed by atoms with Crippen molar-refractivity contribution in [3.05, 3.63) is 53.1 Å². The normalized spacial score (nSPS) is 19.0. The highest BCUT2D eigenvalue weighted by Crippen LogP contribution is 2.29. The maximum absolute atomic E-state index is 13.1. The lowest BCUT2D eigenvalue weighted by Crippen LogP contribution is -2.48. The summed E-state index contributed by atoms with van der Waals surface area (Å²) in [5.41, 5.74) is 2.97. The number of sulfonamides is 1. The predicted molar refractivity (Wildman–Crippen MR) is 133 cm³/mol. The largest absolute Gasteiger partial charge is 0.452 e. The number of aryl methyl sites for hydroxylation is 2. The van der Waals surface area contributed by atoms with E-state index in [1.807, 2.05) is 39.8 Å². The van der Waals surface area contributed by atoms with Gasteiger partial charge in [0.05, 0.1) is 32.9 Å². The Kier molecular flexibility index (Phi) is 7.22. The van der Waals surface area contributed by atoms with Crippen molar-refractivity contribution in [3.63, 3.8) is 0 Å². The van der Waals surface area contributed by atoms with E-state index in [0.717, 1.165) is 21.3 Å².